The topological polar surface area (TPSA) is 153 Å². The molecular weight excluding hydrogens is 436 g/mol. The number of aromatic nitrogens is 3. The van der Waals surface area contributed by atoms with Gasteiger partial charge in [-0.15, -0.1) is 17.5 Å². The summed E-state index contributed by atoms with van der Waals surface area (Å²) in [6.07, 6.45) is 2.24. The molecule has 0 spiro atoms. The van der Waals surface area contributed by atoms with E-state index >= 15 is 0 Å². The number of nitrogens with zero attached hydrogens (tertiary/aromatic N) is 5. The van der Waals surface area contributed by atoms with E-state index in [4.69, 9.17) is 16.2 Å². The van der Waals surface area contributed by atoms with E-state index < -0.39 is 12.0 Å². The molecule has 174 valence electrons. The van der Waals surface area contributed by atoms with Gasteiger partial charge in [0.25, 0.3) is 0 Å². The maximum atomic E-state index is 12.4. The number of aliphatic carboxylic acids is 1. The van der Waals surface area contributed by atoms with Crippen LogP contribution in [0.3, 0.4) is 0 Å². The van der Waals surface area contributed by atoms with Crippen LogP contribution in [0.2, 0.25) is 0 Å². The highest BCUT2D eigenvalue weighted by Crippen LogP contribution is 2.16. The molecule has 0 unspecified atom stereocenters. The number of carbonyl (C=O) groups is 2. The molecule has 1 aliphatic heterocycles. The van der Waals surface area contributed by atoms with Gasteiger partial charge in [0.1, 0.15) is 6.54 Å². The molecule has 0 radical (unpaired) electrons. The highest BCUT2D eigenvalue weighted by Gasteiger charge is 2.19. The van der Waals surface area contributed by atoms with E-state index in [2.05, 4.69) is 20.5 Å². The van der Waals surface area contributed by atoms with Crippen molar-refractivity contribution in [2.45, 2.75) is 25.4 Å². The number of amides is 1. The Labute approximate surface area is 192 Å². The highest BCUT2D eigenvalue weighted by molar-refractivity contribution is 5.85. The Morgan fingerprint density at radius 2 is 1.88 bits per heavy atom. The van der Waals surface area contributed by atoms with Crippen LogP contribution in [0.15, 0.2) is 36.5 Å². The zero-order chi connectivity index (χ0) is 22.2. The second kappa shape index (κ2) is 12.0. The molecule has 1 aromatic heterocycles. The zero-order valence-corrected chi connectivity index (χ0v) is 18.5. The zero-order valence-electron chi connectivity index (χ0n) is 17.7. The lowest BCUT2D eigenvalue weighted by Gasteiger charge is -2.34. The van der Waals surface area contributed by atoms with Crippen molar-refractivity contribution in [3.8, 4) is 0 Å². The van der Waals surface area contributed by atoms with Gasteiger partial charge in [0.2, 0.25) is 5.91 Å². The molecule has 5 N–H and O–H groups in total. The van der Waals surface area contributed by atoms with Crippen LogP contribution in [-0.4, -0.2) is 80.5 Å². The van der Waals surface area contributed by atoms with Crippen LogP contribution in [0.1, 0.15) is 23.7 Å². The Morgan fingerprint density at radius 3 is 2.50 bits per heavy atom. The number of carboxylic acid groups (broad SMARTS) is 1. The fraction of sp³-hybridized carbons (Fsp3) is 0.450. The molecule has 2 aromatic rings. The SMILES string of the molecule is Cl.N=C(N)N1CCN(CCc2cn(CC(=O)N[C@@H](CC(=O)O)c3ccccc3)nn2)CC1. The number of hydrogen-bond donors (Lipinski definition) is 4. The Hall–Kier alpha value is -3.18. The van der Waals surface area contributed by atoms with Crippen molar-refractivity contribution in [2.75, 3.05) is 32.7 Å². The van der Waals surface area contributed by atoms with Gasteiger partial charge in [-0.25, -0.2) is 4.68 Å². The lowest BCUT2D eigenvalue weighted by Crippen LogP contribution is -2.51. The number of rotatable bonds is 9. The summed E-state index contributed by atoms with van der Waals surface area (Å²) in [5.41, 5.74) is 7.04. The first-order valence-electron chi connectivity index (χ1n) is 10.2. The van der Waals surface area contributed by atoms with Gasteiger partial charge in [-0.2, -0.15) is 0 Å². The van der Waals surface area contributed by atoms with Gasteiger partial charge in [-0.3, -0.25) is 19.9 Å². The first-order valence-corrected chi connectivity index (χ1v) is 10.2. The summed E-state index contributed by atoms with van der Waals surface area (Å²) in [6, 6.07) is 8.42. The Kier molecular flexibility index (Phi) is 9.41. The summed E-state index contributed by atoms with van der Waals surface area (Å²) < 4.78 is 1.46. The molecule has 3 rings (SSSR count). The van der Waals surface area contributed by atoms with E-state index in [0.717, 1.165) is 44.0 Å². The molecule has 32 heavy (non-hydrogen) atoms. The number of nitrogens with one attached hydrogen (secondary N) is 2. The van der Waals surface area contributed by atoms with Gasteiger partial charge in [0.05, 0.1) is 18.2 Å². The summed E-state index contributed by atoms with van der Waals surface area (Å²) in [5.74, 6) is -1.20. The number of nitrogens with two attached hydrogens (primary N) is 1. The number of hydrogen-bond acceptors (Lipinski definition) is 6. The average Bonchev–Trinajstić information content (AvgIpc) is 3.19. The van der Waals surface area contributed by atoms with Gasteiger partial charge in [-0.05, 0) is 5.56 Å². The van der Waals surface area contributed by atoms with E-state index in [1.807, 2.05) is 11.0 Å². The van der Waals surface area contributed by atoms with Crippen LogP contribution in [0, 0.1) is 5.41 Å². The van der Waals surface area contributed by atoms with Crippen LogP contribution in [-0.2, 0) is 22.6 Å². The normalized spacial score (nSPS) is 14.9. The average molecular weight is 465 g/mol. The number of guanidine groups is 1. The molecule has 1 amide bonds. The monoisotopic (exact) mass is 464 g/mol. The smallest absolute Gasteiger partial charge is 0.305 e. The molecule has 0 aliphatic carbocycles. The van der Waals surface area contributed by atoms with Gasteiger partial charge in [0, 0.05) is 45.3 Å². The number of piperazine rings is 1. The van der Waals surface area contributed by atoms with Crippen molar-refractivity contribution in [1.29, 1.82) is 5.41 Å². The van der Waals surface area contributed by atoms with Crippen molar-refractivity contribution >= 4 is 30.2 Å². The molecule has 0 saturated carbocycles. The minimum absolute atomic E-state index is 0. The van der Waals surface area contributed by atoms with Gasteiger partial charge in [0.15, 0.2) is 5.96 Å². The fourth-order valence-corrected chi connectivity index (χ4v) is 3.51. The summed E-state index contributed by atoms with van der Waals surface area (Å²) in [4.78, 5) is 27.7. The van der Waals surface area contributed by atoms with E-state index in [9.17, 15) is 9.59 Å². The minimum Gasteiger partial charge on any atom is -0.481 e. The van der Waals surface area contributed by atoms with Gasteiger partial charge < -0.3 is 21.1 Å². The molecule has 11 nitrogen and oxygen atoms in total. The minimum atomic E-state index is -0.985. The standard InChI is InChI=1S/C20H28N8O3.ClH/c21-20(22)27-10-8-26(9-11-27)7-6-16-13-28(25-24-16)14-18(29)23-17(12-19(30)31)15-4-2-1-3-5-15;/h1-5,13,17H,6-12,14H2,(H3,21,22)(H,23,29)(H,30,31);1H/t17-;/m0./s1. The van der Waals surface area contributed by atoms with Crippen LogP contribution in [0.25, 0.3) is 0 Å². The lowest BCUT2D eigenvalue weighted by molar-refractivity contribution is -0.137. The molecule has 1 saturated heterocycles. The van der Waals surface area contributed by atoms with Gasteiger partial charge in [-0.1, -0.05) is 35.5 Å². The number of carboxylic acids is 1. The van der Waals surface area contributed by atoms with E-state index in [1.165, 1.54) is 4.68 Å². The summed E-state index contributed by atoms with van der Waals surface area (Å²) >= 11 is 0. The molecule has 1 fully saturated rings. The maximum absolute atomic E-state index is 12.4. The Morgan fingerprint density at radius 1 is 1.19 bits per heavy atom. The molecular formula is C20H29ClN8O3. The summed E-state index contributed by atoms with van der Waals surface area (Å²) in [5, 5.41) is 27.5. The van der Waals surface area contributed by atoms with E-state index in [1.54, 1.807) is 30.5 Å². The van der Waals surface area contributed by atoms with Crippen LogP contribution >= 0.6 is 12.4 Å². The quantitative estimate of drug-likeness (QED) is 0.300. The maximum Gasteiger partial charge on any atom is 0.305 e. The first kappa shape index (κ1) is 25.1. The van der Waals surface area contributed by atoms with Gasteiger partial charge >= 0.3 is 5.97 Å². The van der Waals surface area contributed by atoms with Crippen molar-refractivity contribution in [2.24, 2.45) is 5.73 Å². The van der Waals surface area contributed by atoms with Crippen molar-refractivity contribution < 1.29 is 14.7 Å². The predicted octanol–water partition coefficient (Wildman–Crippen LogP) is 0.0857. The van der Waals surface area contributed by atoms with Crippen LogP contribution < -0.4 is 11.1 Å². The molecule has 2 heterocycles. The van der Waals surface area contributed by atoms with Crippen LogP contribution in [0.5, 0.6) is 0 Å². The Balaban J connectivity index is 0.00000363. The second-order valence-corrected chi connectivity index (χ2v) is 7.50. The Bertz CT molecular complexity index is 899. The molecule has 0 bridgehead atoms. The largest absolute Gasteiger partial charge is 0.481 e. The second-order valence-electron chi connectivity index (χ2n) is 7.50. The third-order valence-corrected chi connectivity index (χ3v) is 5.20. The molecule has 12 heteroatoms. The third-order valence-electron chi connectivity index (χ3n) is 5.20. The fourth-order valence-electron chi connectivity index (χ4n) is 3.51. The van der Waals surface area contributed by atoms with Crippen LogP contribution in [0.4, 0.5) is 0 Å². The summed E-state index contributed by atoms with van der Waals surface area (Å²) in [6.45, 7) is 3.92. The van der Waals surface area contributed by atoms with E-state index in [-0.39, 0.29) is 37.2 Å². The van der Waals surface area contributed by atoms with Crippen molar-refractivity contribution in [1.82, 2.24) is 30.1 Å². The number of halogens is 1. The predicted molar refractivity (Wildman–Crippen MR) is 120 cm³/mol. The number of carbonyl (C=O) groups excluding carboxylic acids is 1. The molecule has 1 atom stereocenters. The van der Waals surface area contributed by atoms with E-state index in [0.29, 0.717) is 6.42 Å². The highest BCUT2D eigenvalue weighted by atomic mass is 35.5. The summed E-state index contributed by atoms with van der Waals surface area (Å²) in [7, 11) is 0. The van der Waals surface area contributed by atoms with Crippen molar-refractivity contribution in [3.05, 3.63) is 47.8 Å². The third kappa shape index (κ3) is 7.50. The first-order chi connectivity index (χ1) is 14.9. The molecule has 1 aliphatic rings. The molecule has 1 aromatic carbocycles. The van der Waals surface area contributed by atoms with Crippen molar-refractivity contribution in [3.63, 3.8) is 0 Å². The lowest BCUT2D eigenvalue weighted by atomic mass is 10.0. The number of benzene rings is 1.